The van der Waals surface area contributed by atoms with Gasteiger partial charge in [0.1, 0.15) is 0 Å². The fraction of sp³-hybridized carbons (Fsp3) is 0.600. The Morgan fingerprint density at radius 3 is 2.45 bits per heavy atom. The second kappa shape index (κ2) is 5.66. The van der Waals surface area contributed by atoms with Crippen molar-refractivity contribution in [3.8, 4) is 0 Å². The number of nitrogens with one attached hydrogen (secondary N) is 1. The number of likely N-dealkylation sites (tertiary alicyclic amines) is 1. The van der Waals surface area contributed by atoms with E-state index in [0.717, 1.165) is 50.9 Å². The second-order valence-electron chi connectivity index (χ2n) is 5.80. The van der Waals surface area contributed by atoms with Crippen LogP contribution in [0.3, 0.4) is 0 Å². The van der Waals surface area contributed by atoms with Crippen molar-refractivity contribution in [1.29, 1.82) is 0 Å². The number of hydrogen-bond acceptors (Lipinski definition) is 4. The lowest BCUT2D eigenvalue weighted by Crippen LogP contribution is -2.32. The van der Waals surface area contributed by atoms with Crippen LogP contribution in [0.4, 0.5) is 0 Å². The lowest BCUT2D eigenvalue weighted by atomic mass is 9.92. The van der Waals surface area contributed by atoms with Crippen LogP contribution < -0.4 is 5.32 Å². The molecule has 1 N–H and O–H groups in total. The number of hydrogen-bond donors (Lipinski definition) is 1. The molecule has 3 rings (SSSR count). The molecule has 1 aromatic rings. The number of nitrogens with zero attached hydrogens (tertiary/aromatic N) is 1. The van der Waals surface area contributed by atoms with Gasteiger partial charge in [-0.15, -0.1) is 11.3 Å². The molecule has 2 aliphatic rings. The Bertz CT molecular complexity index is 512. The number of carbonyl (C=O) groups is 2. The van der Waals surface area contributed by atoms with Gasteiger partial charge in [-0.2, -0.15) is 0 Å². The maximum absolute atomic E-state index is 12.5. The van der Waals surface area contributed by atoms with Crippen molar-refractivity contribution in [2.24, 2.45) is 11.8 Å². The molecule has 4 nitrogen and oxygen atoms in total. The fourth-order valence-electron chi connectivity index (χ4n) is 3.21. The zero-order chi connectivity index (χ0) is 14.1. The van der Waals surface area contributed by atoms with E-state index in [0.29, 0.717) is 10.4 Å². The summed E-state index contributed by atoms with van der Waals surface area (Å²) in [4.78, 5) is 26.5. The van der Waals surface area contributed by atoms with E-state index in [2.05, 4.69) is 5.32 Å². The van der Waals surface area contributed by atoms with Crippen LogP contribution in [0.2, 0.25) is 0 Å². The van der Waals surface area contributed by atoms with Gasteiger partial charge in [-0.3, -0.25) is 9.59 Å². The van der Waals surface area contributed by atoms with Crippen molar-refractivity contribution in [3.63, 3.8) is 0 Å². The van der Waals surface area contributed by atoms with Gasteiger partial charge < -0.3 is 10.2 Å². The topological polar surface area (TPSA) is 49.4 Å². The van der Waals surface area contributed by atoms with E-state index < -0.39 is 0 Å². The molecular weight excluding hydrogens is 272 g/mol. The minimum absolute atomic E-state index is 0.0248. The van der Waals surface area contributed by atoms with Crippen molar-refractivity contribution >= 4 is 23.0 Å². The van der Waals surface area contributed by atoms with Crippen molar-refractivity contribution < 1.29 is 9.59 Å². The smallest absolute Gasteiger partial charge is 0.263 e. The Morgan fingerprint density at radius 1 is 1.25 bits per heavy atom. The van der Waals surface area contributed by atoms with Gasteiger partial charge in [0.2, 0.25) is 0 Å². The average Bonchev–Trinajstić information content (AvgIpc) is 3.04. The van der Waals surface area contributed by atoms with Crippen LogP contribution in [0.25, 0.3) is 0 Å². The van der Waals surface area contributed by atoms with Crippen LogP contribution in [-0.2, 0) is 0 Å². The summed E-state index contributed by atoms with van der Waals surface area (Å²) in [6, 6.07) is 1.74. The molecule has 20 heavy (non-hydrogen) atoms. The molecule has 0 aromatic carbocycles. The molecule has 0 aliphatic carbocycles. The van der Waals surface area contributed by atoms with Crippen molar-refractivity contribution in [3.05, 3.63) is 21.9 Å². The predicted octanol–water partition coefficient (Wildman–Crippen LogP) is 2.02. The molecule has 0 unspecified atom stereocenters. The quantitative estimate of drug-likeness (QED) is 0.849. The average molecular weight is 292 g/mol. The molecular formula is C15H20N2O2S. The number of ketones is 1. The first-order valence-corrected chi connectivity index (χ1v) is 8.12. The van der Waals surface area contributed by atoms with Gasteiger partial charge in [0.25, 0.3) is 5.91 Å². The largest absolute Gasteiger partial charge is 0.338 e. The van der Waals surface area contributed by atoms with E-state index in [-0.39, 0.29) is 11.7 Å². The molecule has 108 valence electrons. The van der Waals surface area contributed by atoms with Gasteiger partial charge in [-0.05, 0) is 50.8 Å². The van der Waals surface area contributed by atoms with Gasteiger partial charge in [0.05, 0.1) is 4.88 Å². The maximum atomic E-state index is 12.5. The molecule has 3 heterocycles. The number of Topliss-reactive ketones (excluding diaryl/α,β-unsaturated/α-hetero) is 1. The molecule has 2 saturated heterocycles. The molecule has 2 aliphatic heterocycles. The summed E-state index contributed by atoms with van der Waals surface area (Å²) in [6.45, 7) is 5.42. The van der Waals surface area contributed by atoms with Gasteiger partial charge in [-0.1, -0.05) is 0 Å². The van der Waals surface area contributed by atoms with E-state index in [9.17, 15) is 9.59 Å². The Labute approximate surface area is 123 Å². The highest BCUT2D eigenvalue weighted by Gasteiger charge is 2.31. The van der Waals surface area contributed by atoms with Gasteiger partial charge in [0, 0.05) is 24.0 Å². The first-order valence-electron chi connectivity index (χ1n) is 7.24. The molecule has 0 spiro atoms. The lowest BCUT2D eigenvalue weighted by molar-refractivity contribution is 0.0763. The third kappa shape index (κ3) is 2.65. The van der Waals surface area contributed by atoms with Crippen molar-refractivity contribution in [2.45, 2.75) is 19.8 Å². The molecule has 0 bridgehead atoms. The highest BCUT2D eigenvalue weighted by molar-refractivity contribution is 7.12. The van der Waals surface area contributed by atoms with E-state index >= 15 is 0 Å². The van der Waals surface area contributed by atoms with Gasteiger partial charge >= 0.3 is 0 Å². The Morgan fingerprint density at radius 2 is 1.90 bits per heavy atom. The third-order valence-corrected chi connectivity index (χ3v) is 5.44. The van der Waals surface area contributed by atoms with Crippen LogP contribution >= 0.6 is 11.3 Å². The Kier molecular flexibility index (Phi) is 3.89. The number of thiophene rings is 1. The number of amides is 1. The maximum Gasteiger partial charge on any atom is 0.263 e. The van der Waals surface area contributed by atoms with Crippen LogP contribution in [0.5, 0.6) is 0 Å². The molecule has 1 amide bonds. The Hall–Kier alpha value is -1.20. The number of rotatable bonds is 2. The fourth-order valence-corrected chi connectivity index (χ4v) is 4.12. The SMILES string of the molecule is CC(=O)c1csc(C(=O)N2CC[C@@H]3CNC[C@@H]3CC2)c1. The predicted molar refractivity (Wildman–Crippen MR) is 79.3 cm³/mol. The van der Waals surface area contributed by atoms with Gasteiger partial charge in [0.15, 0.2) is 5.78 Å². The minimum Gasteiger partial charge on any atom is -0.338 e. The zero-order valence-corrected chi connectivity index (χ0v) is 12.5. The molecule has 2 fully saturated rings. The summed E-state index contributed by atoms with van der Waals surface area (Å²) in [5.74, 6) is 1.57. The molecule has 2 atom stereocenters. The summed E-state index contributed by atoms with van der Waals surface area (Å²) in [6.07, 6.45) is 2.18. The summed E-state index contributed by atoms with van der Waals surface area (Å²) in [5.41, 5.74) is 0.647. The molecule has 5 heteroatoms. The third-order valence-electron chi connectivity index (χ3n) is 4.52. The van der Waals surface area contributed by atoms with E-state index in [4.69, 9.17) is 0 Å². The first-order chi connectivity index (χ1) is 9.65. The number of fused-ring (bicyclic) bond motifs is 1. The Balaban J connectivity index is 1.68. The van der Waals surface area contributed by atoms with Crippen LogP contribution in [0.15, 0.2) is 11.4 Å². The van der Waals surface area contributed by atoms with Crippen molar-refractivity contribution in [2.75, 3.05) is 26.2 Å². The van der Waals surface area contributed by atoms with Crippen LogP contribution in [0.1, 0.15) is 39.8 Å². The van der Waals surface area contributed by atoms with Crippen molar-refractivity contribution in [1.82, 2.24) is 10.2 Å². The zero-order valence-electron chi connectivity index (χ0n) is 11.7. The highest BCUT2D eigenvalue weighted by atomic mass is 32.1. The molecule has 0 saturated carbocycles. The van der Waals surface area contributed by atoms with Crippen LogP contribution in [-0.4, -0.2) is 42.8 Å². The van der Waals surface area contributed by atoms with E-state index in [1.54, 1.807) is 11.4 Å². The second-order valence-corrected chi connectivity index (χ2v) is 6.72. The summed E-state index contributed by atoms with van der Waals surface area (Å²) >= 11 is 1.38. The summed E-state index contributed by atoms with van der Waals surface area (Å²) in [5, 5.41) is 5.23. The van der Waals surface area contributed by atoms with Gasteiger partial charge in [-0.25, -0.2) is 0 Å². The highest BCUT2D eigenvalue weighted by Crippen LogP contribution is 2.28. The van der Waals surface area contributed by atoms with Crippen LogP contribution in [0, 0.1) is 11.8 Å². The standard InChI is InChI=1S/C15H20N2O2S/c1-10(18)13-6-14(20-9-13)15(19)17-4-2-11-7-16-8-12(11)3-5-17/h6,9,11-12,16H,2-5,7-8H2,1H3/t11-,12+. The lowest BCUT2D eigenvalue weighted by Gasteiger charge is -2.20. The summed E-state index contributed by atoms with van der Waals surface area (Å²) in [7, 11) is 0. The van der Waals surface area contributed by atoms with E-state index in [1.807, 2.05) is 4.90 Å². The monoisotopic (exact) mass is 292 g/mol. The minimum atomic E-state index is 0.0248. The van der Waals surface area contributed by atoms with E-state index in [1.165, 1.54) is 18.3 Å². The number of carbonyl (C=O) groups excluding carboxylic acids is 2. The normalized spacial score (nSPS) is 26.1. The summed E-state index contributed by atoms with van der Waals surface area (Å²) < 4.78 is 0. The first kappa shape index (κ1) is 13.8. The molecule has 0 radical (unpaired) electrons. The molecule has 1 aromatic heterocycles.